The summed E-state index contributed by atoms with van der Waals surface area (Å²) in [6.45, 7) is 2.28. The Bertz CT molecular complexity index is 344. The van der Waals surface area contributed by atoms with Crippen molar-refractivity contribution in [1.82, 2.24) is 5.32 Å². The van der Waals surface area contributed by atoms with Crippen LogP contribution < -0.4 is 5.32 Å². The smallest absolute Gasteiger partial charge is 0.220 e. The largest absolute Gasteiger partial charge is 0.353 e. The average molecular weight is 364 g/mol. The van der Waals surface area contributed by atoms with Crippen LogP contribution in [0.5, 0.6) is 0 Å². The molecule has 1 aliphatic rings. The van der Waals surface area contributed by atoms with Crippen LogP contribution in [0.1, 0.15) is 129 Å². The lowest BCUT2D eigenvalue weighted by atomic mass is 9.95. The molecule has 2 nitrogen and oxygen atoms in total. The number of carbonyl (C=O) groups excluding carboxylic acids is 1. The first-order valence-corrected chi connectivity index (χ1v) is 11.8. The first-order chi connectivity index (χ1) is 12.8. The zero-order valence-electron chi connectivity index (χ0n) is 17.6. The van der Waals surface area contributed by atoms with Gasteiger partial charge in [0.25, 0.3) is 0 Å². The molecule has 0 heterocycles. The molecule has 1 saturated carbocycles. The van der Waals surface area contributed by atoms with Crippen molar-refractivity contribution in [2.24, 2.45) is 0 Å². The van der Waals surface area contributed by atoms with Crippen molar-refractivity contribution in [1.29, 1.82) is 0 Å². The number of rotatable bonds is 16. The van der Waals surface area contributed by atoms with Crippen LogP contribution in [0.3, 0.4) is 0 Å². The van der Waals surface area contributed by atoms with Crippen LogP contribution in [0.4, 0.5) is 0 Å². The van der Waals surface area contributed by atoms with Gasteiger partial charge in [-0.05, 0) is 44.9 Å². The summed E-state index contributed by atoms with van der Waals surface area (Å²) in [5.41, 5.74) is 0. The highest BCUT2D eigenvalue weighted by Gasteiger charge is 2.14. The van der Waals surface area contributed by atoms with E-state index >= 15 is 0 Å². The van der Waals surface area contributed by atoms with Crippen LogP contribution in [0.25, 0.3) is 0 Å². The molecule has 152 valence electrons. The topological polar surface area (TPSA) is 29.1 Å². The van der Waals surface area contributed by atoms with Gasteiger partial charge in [-0.15, -0.1) is 0 Å². The predicted molar refractivity (Wildman–Crippen MR) is 114 cm³/mol. The first kappa shape index (κ1) is 23.2. The van der Waals surface area contributed by atoms with Gasteiger partial charge in [0.1, 0.15) is 0 Å². The summed E-state index contributed by atoms with van der Waals surface area (Å²) in [7, 11) is 0. The summed E-state index contributed by atoms with van der Waals surface area (Å²) < 4.78 is 0. The average Bonchev–Trinajstić information content (AvgIpc) is 2.65. The van der Waals surface area contributed by atoms with Gasteiger partial charge in [0.15, 0.2) is 0 Å². The van der Waals surface area contributed by atoms with Gasteiger partial charge >= 0.3 is 0 Å². The van der Waals surface area contributed by atoms with E-state index in [1.807, 2.05) is 0 Å². The molecule has 2 heteroatoms. The SMILES string of the molecule is CCCCCCCC/C=C\CCCCCCCC(=O)NC1CCCCC1. The highest BCUT2D eigenvalue weighted by atomic mass is 16.1. The molecule has 0 radical (unpaired) electrons. The van der Waals surface area contributed by atoms with Gasteiger partial charge in [-0.2, -0.15) is 0 Å². The van der Waals surface area contributed by atoms with E-state index in [1.165, 1.54) is 109 Å². The van der Waals surface area contributed by atoms with Gasteiger partial charge in [-0.25, -0.2) is 0 Å². The van der Waals surface area contributed by atoms with E-state index in [0.29, 0.717) is 6.04 Å². The third-order valence-electron chi connectivity index (χ3n) is 5.64. The molecule has 0 bridgehead atoms. The number of unbranched alkanes of at least 4 members (excludes halogenated alkanes) is 11. The maximum absolute atomic E-state index is 11.9. The van der Waals surface area contributed by atoms with Crippen molar-refractivity contribution >= 4 is 5.91 Å². The van der Waals surface area contributed by atoms with Crippen molar-refractivity contribution in [2.75, 3.05) is 0 Å². The molecule has 0 aromatic carbocycles. The molecule has 0 spiro atoms. The highest BCUT2D eigenvalue weighted by molar-refractivity contribution is 5.76. The zero-order valence-corrected chi connectivity index (χ0v) is 17.6. The Morgan fingerprint density at radius 3 is 1.92 bits per heavy atom. The standard InChI is InChI=1S/C24H45NO/c1-2-3-4-5-6-7-8-9-10-11-12-13-14-15-19-22-24(26)25-23-20-17-16-18-21-23/h9-10,23H,2-8,11-22H2,1H3,(H,25,26)/b10-9-. The summed E-state index contributed by atoms with van der Waals surface area (Å²) in [5.74, 6) is 0.287. The number of allylic oxidation sites excluding steroid dienone is 2. The number of hydrogen-bond donors (Lipinski definition) is 1. The molecule has 0 atom stereocenters. The second-order valence-corrected chi connectivity index (χ2v) is 8.24. The Morgan fingerprint density at radius 2 is 1.31 bits per heavy atom. The third kappa shape index (κ3) is 14.4. The Balaban J connectivity index is 1.78. The summed E-state index contributed by atoms with van der Waals surface area (Å²) in [4.78, 5) is 11.9. The minimum atomic E-state index is 0.287. The molecule has 1 aliphatic carbocycles. The number of hydrogen-bond acceptors (Lipinski definition) is 1. The van der Waals surface area contributed by atoms with Gasteiger partial charge in [0, 0.05) is 12.5 Å². The van der Waals surface area contributed by atoms with E-state index in [4.69, 9.17) is 0 Å². The second-order valence-electron chi connectivity index (χ2n) is 8.24. The van der Waals surface area contributed by atoms with Gasteiger partial charge in [0.05, 0.1) is 0 Å². The van der Waals surface area contributed by atoms with Crippen LogP contribution in [-0.4, -0.2) is 11.9 Å². The molecule has 0 saturated heterocycles. The van der Waals surface area contributed by atoms with Gasteiger partial charge in [0.2, 0.25) is 5.91 Å². The van der Waals surface area contributed by atoms with E-state index in [1.54, 1.807) is 0 Å². The van der Waals surface area contributed by atoms with E-state index in [0.717, 1.165) is 12.8 Å². The Labute approximate surface area is 163 Å². The molecule has 1 N–H and O–H groups in total. The fourth-order valence-corrected chi connectivity index (χ4v) is 3.90. The van der Waals surface area contributed by atoms with Gasteiger partial charge in [-0.3, -0.25) is 4.79 Å². The summed E-state index contributed by atoms with van der Waals surface area (Å²) >= 11 is 0. The Hall–Kier alpha value is -0.790. The monoisotopic (exact) mass is 363 g/mol. The van der Waals surface area contributed by atoms with Crippen LogP contribution in [-0.2, 0) is 4.79 Å². The minimum Gasteiger partial charge on any atom is -0.353 e. The summed E-state index contributed by atoms with van der Waals surface area (Å²) in [6.07, 6.45) is 28.8. The Morgan fingerprint density at radius 1 is 0.769 bits per heavy atom. The lowest BCUT2D eigenvalue weighted by molar-refractivity contribution is -0.122. The first-order valence-electron chi connectivity index (χ1n) is 11.8. The Kier molecular flexibility index (Phi) is 15.8. The maximum atomic E-state index is 11.9. The molecule has 1 rings (SSSR count). The quantitative estimate of drug-likeness (QED) is 0.223. The molecule has 0 unspecified atom stereocenters. The molecule has 0 aliphatic heterocycles. The molecule has 1 amide bonds. The van der Waals surface area contributed by atoms with Gasteiger partial charge < -0.3 is 5.32 Å². The number of amides is 1. The van der Waals surface area contributed by atoms with E-state index in [-0.39, 0.29) is 5.91 Å². The number of carbonyl (C=O) groups is 1. The third-order valence-corrected chi connectivity index (χ3v) is 5.64. The fourth-order valence-electron chi connectivity index (χ4n) is 3.90. The predicted octanol–water partition coefficient (Wildman–Crippen LogP) is 7.47. The van der Waals surface area contributed by atoms with Crippen molar-refractivity contribution < 1.29 is 4.79 Å². The number of nitrogens with one attached hydrogen (secondary N) is 1. The zero-order chi connectivity index (χ0) is 18.7. The van der Waals surface area contributed by atoms with Crippen LogP contribution in [0.2, 0.25) is 0 Å². The minimum absolute atomic E-state index is 0.287. The molecule has 1 fully saturated rings. The molecular weight excluding hydrogens is 318 g/mol. The normalized spacial score (nSPS) is 15.6. The second kappa shape index (κ2) is 17.6. The van der Waals surface area contributed by atoms with E-state index in [2.05, 4.69) is 24.4 Å². The van der Waals surface area contributed by atoms with Gasteiger partial charge in [-0.1, -0.05) is 89.7 Å². The molecule has 0 aromatic heterocycles. The van der Waals surface area contributed by atoms with Crippen LogP contribution in [0.15, 0.2) is 12.2 Å². The van der Waals surface area contributed by atoms with Crippen molar-refractivity contribution in [3.05, 3.63) is 12.2 Å². The van der Waals surface area contributed by atoms with E-state index < -0.39 is 0 Å². The van der Waals surface area contributed by atoms with Crippen molar-refractivity contribution in [3.8, 4) is 0 Å². The fraction of sp³-hybridized carbons (Fsp3) is 0.875. The van der Waals surface area contributed by atoms with Crippen LogP contribution in [0, 0.1) is 0 Å². The molecule has 0 aromatic rings. The maximum Gasteiger partial charge on any atom is 0.220 e. The van der Waals surface area contributed by atoms with Crippen LogP contribution >= 0.6 is 0 Å². The highest BCUT2D eigenvalue weighted by Crippen LogP contribution is 2.17. The lowest BCUT2D eigenvalue weighted by Crippen LogP contribution is -2.35. The molecule has 26 heavy (non-hydrogen) atoms. The molecular formula is C24H45NO. The summed E-state index contributed by atoms with van der Waals surface area (Å²) in [6, 6.07) is 0.472. The van der Waals surface area contributed by atoms with Crippen molar-refractivity contribution in [3.63, 3.8) is 0 Å². The summed E-state index contributed by atoms with van der Waals surface area (Å²) in [5, 5.41) is 3.22. The lowest BCUT2D eigenvalue weighted by Gasteiger charge is -2.22. The van der Waals surface area contributed by atoms with Crippen molar-refractivity contribution in [2.45, 2.75) is 135 Å². The van der Waals surface area contributed by atoms with E-state index in [9.17, 15) is 4.79 Å².